The van der Waals surface area contributed by atoms with Crippen molar-refractivity contribution in [3.8, 4) is 0 Å². The molecule has 3 heteroatoms. The van der Waals surface area contributed by atoms with Gasteiger partial charge >= 0.3 is 5.97 Å². The van der Waals surface area contributed by atoms with Gasteiger partial charge in [0.25, 0.3) is 0 Å². The van der Waals surface area contributed by atoms with Gasteiger partial charge in [0, 0.05) is 6.04 Å². The van der Waals surface area contributed by atoms with Crippen LogP contribution in [0.2, 0.25) is 0 Å². The second-order valence-electron chi connectivity index (χ2n) is 5.72. The van der Waals surface area contributed by atoms with E-state index >= 15 is 0 Å². The van der Waals surface area contributed by atoms with Crippen LogP contribution in [0.5, 0.6) is 0 Å². The molecule has 0 radical (unpaired) electrons. The molecule has 1 aromatic rings. The van der Waals surface area contributed by atoms with Crippen molar-refractivity contribution in [1.29, 1.82) is 0 Å². The number of hydrogen-bond donors (Lipinski definition) is 1. The van der Waals surface area contributed by atoms with Crippen molar-refractivity contribution in [3.63, 3.8) is 0 Å². The Balaban J connectivity index is 2.05. The fourth-order valence-electron chi connectivity index (χ4n) is 2.83. The van der Waals surface area contributed by atoms with Gasteiger partial charge in [0.1, 0.15) is 6.04 Å². The van der Waals surface area contributed by atoms with Crippen LogP contribution in [0.3, 0.4) is 0 Å². The van der Waals surface area contributed by atoms with Gasteiger partial charge < -0.3 is 4.74 Å². The van der Waals surface area contributed by atoms with Crippen LogP contribution in [-0.2, 0) is 9.53 Å². The van der Waals surface area contributed by atoms with Crippen molar-refractivity contribution < 1.29 is 9.53 Å². The Morgan fingerprint density at radius 1 is 1.25 bits per heavy atom. The first-order chi connectivity index (χ1) is 9.70. The maximum absolute atomic E-state index is 12.2. The number of rotatable bonds is 5. The van der Waals surface area contributed by atoms with E-state index in [4.69, 9.17) is 4.74 Å². The SMILES string of the molecule is CCOC(=O)C(NC1CCC(C)CC1)c1ccccc1. The molecule has 20 heavy (non-hydrogen) atoms. The van der Waals surface area contributed by atoms with Gasteiger partial charge in [-0.05, 0) is 44.1 Å². The topological polar surface area (TPSA) is 38.3 Å². The van der Waals surface area contributed by atoms with E-state index in [1.807, 2.05) is 37.3 Å². The molecule has 3 nitrogen and oxygen atoms in total. The number of carbonyl (C=O) groups excluding carboxylic acids is 1. The van der Waals surface area contributed by atoms with Crippen LogP contribution >= 0.6 is 0 Å². The van der Waals surface area contributed by atoms with Crippen molar-refractivity contribution in [1.82, 2.24) is 5.32 Å². The molecule has 1 unspecified atom stereocenters. The third-order valence-corrected chi connectivity index (χ3v) is 4.07. The number of carbonyl (C=O) groups is 1. The number of hydrogen-bond acceptors (Lipinski definition) is 3. The molecule has 0 aromatic heterocycles. The van der Waals surface area contributed by atoms with Crippen LogP contribution < -0.4 is 5.32 Å². The average Bonchev–Trinajstić information content (AvgIpc) is 2.48. The van der Waals surface area contributed by atoms with Crippen LogP contribution in [0.4, 0.5) is 0 Å². The van der Waals surface area contributed by atoms with Crippen LogP contribution in [0.15, 0.2) is 30.3 Å². The van der Waals surface area contributed by atoms with Crippen LogP contribution in [0, 0.1) is 5.92 Å². The highest BCUT2D eigenvalue weighted by Gasteiger charge is 2.27. The normalized spacial score (nSPS) is 24.1. The van der Waals surface area contributed by atoms with Crippen LogP contribution in [0.1, 0.15) is 51.1 Å². The predicted molar refractivity (Wildman–Crippen MR) is 80.4 cm³/mol. The summed E-state index contributed by atoms with van der Waals surface area (Å²) >= 11 is 0. The molecule has 0 heterocycles. The number of benzene rings is 1. The first-order valence-corrected chi connectivity index (χ1v) is 7.68. The summed E-state index contributed by atoms with van der Waals surface area (Å²) in [6.45, 7) is 4.57. The van der Waals surface area contributed by atoms with Gasteiger partial charge in [0.15, 0.2) is 0 Å². The molecule has 0 bridgehead atoms. The minimum atomic E-state index is -0.338. The van der Waals surface area contributed by atoms with E-state index in [9.17, 15) is 4.79 Å². The second-order valence-corrected chi connectivity index (χ2v) is 5.72. The van der Waals surface area contributed by atoms with Crippen LogP contribution in [0.25, 0.3) is 0 Å². The summed E-state index contributed by atoms with van der Waals surface area (Å²) in [6, 6.07) is 9.95. The van der Waals surface area contributed by atoms with Crippen LogP contribution in [-0.4, -0.2) is 18.6 Å². The molecule has 1 atom stereocenters. The number of esters is 1. The fraction of sp³-hybridized carbons (Fsp3) is 0.588. The van der Waals surface area contributed by atoms with Crippen molar-refractivity contribution in [2.45, 2.75) is 51.6 Å². The Kier molecular flexibility index (Phi) is 5.60. The second kappa shape index (κ2) is 7.44. The summed E-state index contributed by atoms with van der Waals surface area (Å²) in [5.41, 5.74) is 0.990. The van der Waals surface area contributed by atoms with Crippen molar-refractivity contribution in [2.24, 2.45) is 5.92 Å². The zero-order valence-corrected chi connectivity index (χ0v) is 12.5. The highest BCUT2D eigenvalue weighted by Crippen LogP contribution is 2.26. The lowest BCUT2D eigenvalue weighted by Gasteiger charge is -2.30. The van der Waals surface area contributed by atoms with Gasteiger partial charge in [-0.15, -0.1) is 0 Å². The maximum Gasteiger partial charge on any atom is 0.327 e. The Labute approximate surface area is 121 Å². The van der Waals surface area contributed by atoms with E-state index in [2.05, 4.69) is 12.2 Å². The molecule has 1 fully saturated rings. The van der Waals surface area contributed by atoms with Gasteiger partial charge in [-0.1, -0.05) is 37.3 Å². The fourth-order valence-corrected chi connectivity index (χ4v) is 2.83. The monoisotopic (exact) mass is 275 g/mol. The third-order valence-electron chi connectivity index (χ3n) is 4.07. The van der Waals surface area contributed by atoms with E-state index in [1.54, 1.807) is 0 Å². The molecular formula is C17H25NO2. The predicted octanol–water partition coefficient (Wildman–Crippen LogP) is 3.46. The van der Waals surface area contributed by atoms with E-state index in [0.717, 1.165) is 24.3 Å². The first kappa shape index (κ1) is 15.0. The summed E-state index contributed by atoms with van der Waals surface area (Å²) in [5.74, 6) is 0.642. The van der Waals surface area contributed by atoms with Crippen molar-refractivity contribution in [2.75, 3.05) is 6.61 Å². The first-order valence-electron chi connectivity index (χ1n) is 7.68. The Hall–Kier alpha value is -1.35. The lowest BCUT2D eigenvalue weighted by molar-refractivity contribution is -0.146. The van der Waals surface area contributed by atoms with Gasteiger partial charge in [-0.2, -0.15) is 0 Å². The molecule has 0 spiro atoms. The highest BCUT2D eigenvalue weighted by atomic mass is 16.5. The van der Waals surface area contributed by atoms with Gasteiger partial charge in [0.2, 0.25) is 0 Å². The number of ether oxygens (including phenoxy) is 1. The largest absolute Gasteiger partial charge is 0.465 e. The molecule has 1 saturated carbocycles. The molecule has 1 aromatic carbocycles. The molecule has 110 valence electrons. The molecule has 1 aliphatic carbocycles. The lowest BCUT2D eigenvalue weighted by atomic mass is 9.87. The smallest absolute Gasteiger partial charge is 0.327 e. The minimum Gasteiger partial charge on any atom is -0.465 e. The standard InChI is InChI=1S/C17H25NO2/c1-3-20-17(19)16(14-7-5-4-6-8-14)18-15-11-9-13(2)10-12-15/h4-8,13,15-16,18H,3,9-12H2,1-2H3. The molecule has 0 aliphatic heterocycles. The summed E-state index contributed by atoms with van der Waals surface area (Å²) in [6.07, 6.45) is 4.76. The summed E-state index contributed by atoms with van der Waals surface area (Å²) in [5, 5.41) is 3.50. The van der Waals surface area contributed by atoms with E-state index < -0.39 is 0 Å². The van der Waals surface area contributed by atoms with Crippen molar-refractivity contribution >= 4 is 5.97 Å². The molecule has 1 aliphatic rings. The Morgan fingerprint density at radius 2 is 1.90 bits per heavy atom. The molecule has 2 rings (SSSR count). The summed E-state index contributed by atoms with van der Waals surface area (Å²) < 4.78 is 5.22. The maximum atomic E-state index is 12.2. The average molecular weight is 275 g/mol. The quantitative estimate of drug-likeness (QED) is 0.836. The molecular weight excluding hydrogens is 250 g/mol. The van der Waals surface area contributed by atoms with E-state index in [1.165, 1.54) is 12.8 Å². The number of nitrogens with one attached hydrogen (secondary N) is 1. The van der Waals surface area contributed by atoms with E-state index in [0.29, 0.717) is 12.6 Å². The van der Waals surface area contributed by atoms with Gasteiger partial charge in [-0.3, -0.25) is 5.32 Å². The molecule has 0 saturated heterocycles. The van der Waals surface area contributed by atoms with Gasteiger partial charge in [0.05, 0.1) is 6.61 Å². The zero-order chi connectivity index (χ0) is 14.4. The Morgan fingerprint density at radius 3 is 2.50 bits per heavy atom. The minimum absolute atomic E-state index is 0.169. The summed E-state index contributed by atoms with van der Waals surface area (Å²) in [4.78, 5) is 12.2. The zero-order valence-electron chi connectivity index (χ0n) is 12.5. The highest BCUT2D eigenvalue weighted by molar-refractivity contribution is 5.77. The van der Waals surface area contributed by atoms with E-state index in [-0.39, 0.29) is 12.0 Å². The molecule has 0 amide bonds. The third kappa shape index (κ3) is 4.07. The Bertz CT molecular complexity index is 410. The summed E-state index contributed by atoms with van der Waals surface area (Å²) in [7, 11) is 0. The van der Waals surface area contributed by atoms with Crippen molar-refractivity contribution in [3.05, 3.63) is 35.9 Å². The van der Waals surface area contributed by atoms with Gasteiger partial charge in [-0.25, -0.2) is 4.79 Å². The molecule has 1 N–H and O–H groups in total. The lowest BCUT2D eigenvalue weighted by Crippen LogP contribution is -2.39.